The molecule has 0 radical (unpaired) electrons. The van der Waals surface area contributed by atoms with E-state index in [0.717, 1.165) is 30.6 Å². The van der Waals surface area contributed by atoms with E-state index in [-0.39, 0.29) is 6.04 Å². The topological polar surface area (TPSA) is 108 Å². The Balaban J connectivity index is 1.50. The van der Waals surface area contributed by atoms with Crippen molar-refractivity contribution >= 4 is 23.9 Å². The Labute approximate surface area is 192 Å². The minimum atomic E-state index is -1.44. The lowest BCUT2D eigenvalue weighted by atomic mass is 9.82. The van der Waals surface area contributed by atoms with Crippen LogP contribution in [0, 0.1) is 5.92 Å². The smallest absolute Gasteiger partial charge is 0.326 e. The predicted octanol–water partition coefficient (Wildman–Crippen LogP) is 2.89. The molecule has 1 saturated heterocycles. The van der Waals surface area contributed by atoms with Crippen LogP contribution in [0.3, 0.4) is 0 Å². The number of hydrogen-bond donors (Lipinski definition) is 3. The standard InChI is InChI=1S/C25H28N4O4/c1-17-10-8-9-15-20(17)26-23(32)27-21(30)16-29-22(31)25(28-24(29)33,18-11-4-2-5-12-18)19-13-6-3-7-14-19/h2-7,11-14,17,20H,8-10,15-16H2,1H3,(H,28,33)(H2,26,27,30,32)/t17-,20-/m1/s1. The predicted molar refractivity (Wildman–Crippen MR) is 122 cm³/mol. The first-order valence-corrected chi connectivity index (χ1v) is 11.3. The van der Waals surface area contributed by atoms with E-state index in [1.807, 2.05) is 12.1 Å². The summed E-state index contributed by atoms with van der Waals surface area (Å²) < 4.78 is 0. The van der Waals surface area contributed by atoms with Crippen molar-refractivity contribution in [2.45, 2.75) is 44.2 Å². The Morgan fingerprint density at radius 2 is 1.55 bits per heavy atom. The molecule has 8 heteroatoms. The molecular formula is C25H28N4O4. The van der Waals surface area contributed by atoms with Gasteiger partial charge in [-0.1, -0.05) is 80.4 Å². The monoisotopic (exact) mass is 448 g/mol. The van der Waals surface area contributed by atoms with Crippen LogP contribution in [-0.4, -0.2) is 41.4 Å². The normalized spacial score (nSPS) is 21.9. The molecule has 2 atom stereocenters. The maximum Gasteiger partial charge on any atom is 0.326 e. The Kier molecular flexibility index (Phi) is 6.44. The van der Waals surface area contributed by atoms with Gasteiger partial charge in [-0.25, -0.2) is 9.59 Å². The molecule has 3 N–H and O–H groups in total. The molecule has 0 aromatic heterocycles. The average Bonchev–Trinajstić information content (AvgIpc) is 3.07. The maximum atomic E-state index is 13.6. The van der Waals surface area contributed by atoms with E-state index in [4.69, 9.17) is 0 Å². The van der Waals surface area contributed by atoms with E-state index in [0.29, 0.717) is 17.0 Å². The first kappa shape index (κ1) is 22.5. The second-order valence-electron chi connectivity index (χ2n) is 8.69. The minimum absolute atomic E-state index is 0.00655. The van der Waals surface area contributed by atoms with Crippen LogP contribution in [0.1, 0.15) is 43.7 Å². The molecule has 0 spiro atoms. The molecule has 1 aliphatic carbocycles. The number of nitrogens with one attached hydrogen (secondary N) is 3. The van der Waals surface area contributed by atoms with Crippen LogP contribution in [0.5, 0.6) is 0 Å². The lowest BCUT2D eigenvalue weighted by molar-refractivity contribution is -0.134. The van der Waals surface area contributed by atoms with E-state index in [1.54, 1.807) is 48.5 Å². The Morgan fingerprint density at radius 3 is 2.12 bits per heavy atom. The second-order valence-corrected chi connectivity index (χ2v) is 8.69. The Bertz CT molecular complexity index is 1000. The largest absolute Gasteiger partial charge is 0.335 e. The summed E-state index contributed by atoms with van der Waals surface area (Å²) in [5.41, 5.74) is -0.275. The summed E-state index contributed by atoms with van der Waals surface area (Å²) in [6, 6.07) is 16.5. The molecule has 2 aliphatic rings. The quantitative estimate of drug-likeness (QED) is 0.611. The highest BCUT2D eigenvalue weighted by molar-refractivity contribution is 6.12. The second kappa shape index (κ2) is 9.44. The number of imide groups is 2. The molecule has 8 nitrogen and oxygen atoms in total. The molecule has 4 rings (SSSR count). The average molecular weight is 449 g/mol. The summed E-state index contributed by atoms with van der Waals surface area (Å²) in [6.45, 7) is 1.52. The van der Waals surface area contributed by atoms with Gasteiger partial charge >= 0.3 is 12.1 Å². The molecule has 2 aromatic rings. The highest BCUT2D eigenvalue weighted by Gasteiger charge is 2.54. The first-order valence-electron chi connectivity index (χ1n) is 11.3. The van der Waals surface area contributed by atoms with Gasteiger partial charge in [0.2, 0.25) is 5.91 Å². The Hall–Kier alpha value is -3.68. The van der Waals surface area contributed by atoms with E-state index in [2.05, 4.69) is 22.9 Å². The minimum Gasteiger partial charge on any atom is -0.335 e. The fraction of sp³-hybridized carbons (Fsp3) is 0.360. The van der Waals surface area contributed by atoms with Crippen molar-refractivity contribution in [3.63, 3.8) is 0 Å². The Morgan fingerprint density at radius 1 is 0.970 bits per heavy atom. The number of rotatable bonds is 5. The molecule has 2 fully saturated rings. The van der Waals surface area contributed by atoms with Gasteiger partial charge in [0.25, 0.3) is 5.91 Å². The van der Waals surface area contributed by atoms with E-state index < -0.39 is 36.0 Å². The van der Waals surface area contributed by atoms with E-state index >= 15 is 0 Å². The molecule has 1 aliphatic heterocycles. The zero-order chi connectivity index (χ0) is 23.4. The van der Waals surface area contributed by atoms with Crippen molar-refractivity contribution in [1.29, 1.82) is 0 Å². The molecule has 1 heterocycles. The molecule has 0 bridgehead atoms. The van der Waals surface area contributed by atoms with Gasteiger partial charge in [-0.2, -0.15) is 0 Å². The third-order valence-corrected chi connectivity index (χ3v) is 6.50. The summed E-state index contributed by atoms with van der Waals surface area (Å²) >= 11 is 0. The van der Waals surface area contributed by atoms with Crippen LogP contribution < -0.4 is 16.0 Å². The van der Waals surface area contributed by atoms with Crippen molar-refractivity contribution in [2.75, 3.05) is 6.54 Å². The van der Waals surface area contributed by atoms with Crippen molar-refractivity contribution < 1.29 is 19.2 Å². The summed E-state index contributed by atoms with van der Waals surface area (Å²) in [4.78, 5) is 52.2. The third kappa shape index (κ3) is 4.46. The molecule has 1 saturated carbocycles. The third-order valence-electron chi connectivity index (χ3n) is 6.50. The van der Waals surface area contributed by atoms with Crippen LogP contribution in [0.15, 0.2) is 60.7 Å². The number of urea groups is 2. The molecule has 0 unspecified atom stereocenters. The van der Waals surface area contributed by atoms with Gasteiger partial charge < -0.3 is 10.6 Å². The summed E-state index contributed by atoms with van der Waals surface area (Å²) in [5.74, 6) is -0.958. The van der Waals surface area contributed by atoms with Crippen LogP contribution in [0.25, 0.3) is 0 Å². The fourth-order valence-electron chi connectivity index (χ4n) is 4.70. The van der Waals surface area contributed by atoms with Crippen LogP contribution in [-0.2, 0) is 15.1 Å². The van der Waals surface area contributed by atoms with Gasteiger partial charge in [-0.05, 0) is 29.9 Å². The molecule has 172 valence electrons. The first-order chi connectivity index (χ1) is 15.9. The lowest BCUT2D eigenvalue weighted by Crippen LogP contribution is -2.51. The van der Waals surface area contributed by atoms with E-state index in [1.165, 1.54) is 0 Å². The summed E-state index contributed by atoms with van der Waals surface area (Å²) in [5, 5.41) is 7.89. The number of amides is 6. The number of carbonyl (C=O) groups excluding carboxylic acids is 4. The highest BCUT2D eigenvalue weighted by atomic mass is 16.2. The number of benzene rings is 2. The van der Waals surface area contributed by atoms with Crippen LogP contribution >= 0.6 is 0 Å². The van der Waals surface area contributed by atoms with E-state index in [9.17, 15) is 19.2 Å². The summed E-state index contributed by atoms with van der Waals surface area (Å²) in [6.07, 6.45) is 4.07. The fourth-order valence-corrected chi connectivity index (χ4v) is 4.70. The van der Waals surface area contributed by atoms with Gasteiger partial charge in [0.05, 0.1) is 0 Å². The van der Waals surface area contributed by atoms with Crippen molar-refractivity contribution in [2.24, 2.45) is 5.92 Å². The molecule has 6 amide bonds. The van der Waals surface area contributed by atoms with Gasteiger partial charge in [0.1, 0.15) is 6.54 Å². The number of hydrogen-bond acceptors (Lipinski definition) is 4. The van der Waals surface area contributed by atoms with Crippen molar-refractivity contribution in [3.8, 4) is 0 Å². The van der Waals surface area contributed by atoms with Gasteiger partial charge in [-0.15, -0.1) is 0 Å². The molecule has 2 aromatic carbocycles. The van der Waals surface area contributed by atoms with Gasteiger partial charge in [0.15, 0.2) is 5.54 Å². The van der Waals surface area contributed by atoms with Crippen molar-refractivity contribution in [3.05, 3.63) is 71.8 Å². The molecular weight excluding hydrogens is 420 g/mol. The molecule has 33 heavy (non-hydrogen) atoms. The zero-order valence-electron chi connectivity index (χ0n) is 18.5. The van der Waals surface area contributed by atoms with Crippen molar-refractivity contribution in [1.82, 2.24) is 20.9 Å². The van der Waals surface area contributed by atoms with Gasteiger partial charge in [-0.3, -0.25) is 19.8 Å². The highest BCUT2D eigenvalue weighted by Crippen LogP contribution is 2.35. The summed E-state index contributed by atoms with van der Waals surface area (Å²) in [7, 11) is 0. The zero-order valence-corrected chi connectivity index (χ0v) is 18.5. The van der Waals surface area contributed by atoms with Crippen LogP contribution in [0.2, 0.25) is 0 Å². The lowest BCUT2D eigenvalue weighted by Gasteiger charge is -2.29. The van der Waals surface area contributed by atoms with Crippen LogP contribution in [0.4, 0.5) is 9.59 Å². The SMILES string of the molecule is C[C@@H]1CCCC[C@H]1NC(=O)NC(=O)CN1C(=O)NC(c2ccccc2)(c2ccccc2)C1=O. The van der Waals surface area contributed by atoms with Gasteiger partial charge in [0, 0.05) is 6.04 Å². The number of carbonyl (C=O) groups is 4. The number of nitrogens with zero attached hydrogens (tertiary/aromatic N) is 1. The maximum absolute atomic E-state index is 13.6.